The highest BCUT2D eigenvalue weighted by molar-refractivity contribution is 6.09. The summed E-state index contributed by atoms with van der Waals surface area (Å²) in [5.74, 6) is 1.13. The summed E-state index contributed by atoms with van der Waals surface area (Å²) in [6.07, 6.45) is 0.839. The van der Waals surface area contributed by atoms with Crippen LogP contribution in [0.1, 0.15) is 27.2 Å². The quantitative estimate of drug-likeness (QED) is 0.382. The Hall–Kier alpha value is -1.06. The number of hydrogen-bond acceptors (Lipinski definition) is 4. The minimum Gasteiger partial charge on any atom is -0.411 e. The van der Waals surface area contributed by atoms with Crippen molar-refractivity contribution in [2.24, 2.45) is 33.5 Å². The Kier molecular flexibility index (Phi) is 1.84. The molecule has 0 unspecified atom stereocenters. The Morgan fingerprint density at radius 1 is 1.43 bits per heavy atom. The maximum Gasteiger partial charge on any atom is 0.0665 e. The minimum atomic E-state index is 0.0463. The normalized spacial score (nSPS) is 42.6. The monoisotopic (exact) mass is 196 g/mol. The van der Waals surface area contributed by atoms with Gasteiger partial charge in [0.2, 0.25) is 0 Å². The van der Waals surface area contributed by atoms with Crippen LogP contribution < -0.4 is 0 Å². The van der Waals surface area contributed by atoms with E-state index in [4.69, 9.17) is 10.4 Å². The fourth-order valence-electron chi connectivity index (χ4n) is 3.06. The smallest absolute Gasteiger partial charge is 0.0665 e. The largest absolute Gasteiger partial charge is 0.411 e. The summed E-state index contributed by atoms with van der Waals surface area (Å²) >= 11 is 0. The maximum atomic E-state index is 8.84. The third kappa shape index (κ3) is 0.996. The van der Waals surface area contributed by atoms with Gasteiger partial charge in [-0.3, -0.25) is 0 Å². The summed E-state index contributed by atoms with van der Waals surface area (Å²) in [6, 6.07) is 0. The number of hydrogen-bond donors (Lipinski definition) is 2. The SMILES string of the molecule is C/C(=N/O)[C@@H]1/C(=N/O)C[C@@H]2[C@@H]1C2(C)C. The third-order valence-corrected chi connectivity index (χ3v) is 4.02. The summed E-state index contributed by atoms with van der Waals surface area (Å²) in [5, 5.41) is 24.2. The van der Waals surface area contributed by atoms with E-state index in [0.717, 1.165) is 12.1 Å². The molecule has 2 N–H and O–H groups in total. The first-order valence-corrected chi connectivity index (χ1v) is 4.93. The molecule has 4 heteroatoms. The van der Waals surface area contributed by atoms with Gasteiger partial charge in [0.15, 0.2) is 0 Å². The van der Waals surface area contributed by atoms with Crippen molar-refractivity contribution in [1.82, 2.24) is 0 Å². The summed E-state index contributed by atoms with van der Waals surface area (Å²) in [4.78, 5) is 0. The molecule has 0 bridgehead atoms. The van der Waals surface area contributed by atoms with Gasteiger partial charge in [-0.05, 0) is 30.6 Å². The average Bonchev–Trinajstić information content (AvgIpc) is 2.57. The van der Waals surface area contributed by atoms with Crippen LogP contribution in [0.3, 0.4) is 0 Å². The summed E-state index contributed by atoms with van der Waals surface area (Å²) < 4.78 is 0. The topological polar surface area (TPSA) is 65.2 Å². The molecule has 0 radical (unpaired) electrons. The van der Waals surface area contributed by atoms with Crippen molar-refractivity contribution >= 4 is 11.4 Å². The fourth-order valence-corrected chi connectivity index (χ4v) is 3.06. The number of fused-ring (bicyclic) bond motifs is 1. The zero-order valence-corrected chi connectivity index (χ0v) is 8.73. The van der Waals surface area contributed by atoms with Gasteiger partial charge in [-0.25, -0.2) is 0 Å². The van der Waals surface area contributed by atoms with Gasteiger partial charge in [0.05, 0.1) is 11.4 Å². The molecular formula is C10H16N2O2. The van der Waals surface area contributed by atoms with Gasteiger partial charge in [0.1, 0.15) is 0 Å². The molecule has 2 fully saturated rings. The Bertz CT molecular complexity index is 320. The lowest BCUT2D eigenvalue weighted by molar-refractivity contribution is 0.308. The molecule has 2 aliphatic rings. The van der Waals surface area contributed by atoms with Crippen molar-refractivity contribution in [2.45, 2.75) is 27.2 Å². The van der Waals surface area contributed by atoms with Gasteiger partial charge in [-0.15, -0.1) is 0 Å². The second-order valence-electron chi connectivity index (χ2n) is 4.97. The lowest BCUT2D eigenvalue weighted by Gasteiger charge is -2.17. The number of nitrogens with zero attached hydrogens (tertiary/aromatic N) is 2. The Labute approximate surface area is 83.3 Å². The van der Waals surface area contributed by atoms with E-state index in [-0.39, 0.29) is 5.92 Å². The van der Waals surface area contributed by atoms with Crippen molar-refractivity contribution in [3.8, 4) is 0 Å². The predicted octanol–water partition coefficient (Wildman–Crippen LogP) is 1.96. The van der Waals surface area contributed by atoms with Crippen LogP contribution in [0.2, 0.25) is 0 Å². The van der Waals surface area contributed by atoms with Crippen molar-refractivity contribution in [3.63, 3.8) is 0 Å². The molecule has 3 atom stereocenters. The van der Waals surface area contributed by atoms with E-state index in [1.54, 1.807) is 6.92 Å². The zero-order chi connectivity index (χ0) is 10.5. The molecule has 14 heavy (non-hydrogen) atoms. The highest BCUT2D eigenvalue weighted by atomic mass is 16.4. The molecular weight excluding hydrogens is 180 g/mol. The molecule has 2 rings (SSSR count). The third-order valence-electron chi connectivity index (χ3n) is 4.02. The first-order valence-electron chi connectivity index (χ1n) is 4.93. The van der Waals surface area contributed by atoms with Gasteiger partial charge >= 0.3 is 0 Å². The average molecular weight is 196 g/mol. The standard InChI is InChI=1S/C10H16N2O2/c1-5(11-13)8-7(12-14)4-6-9(8)10(6,2)3/h6,8-9,13-14H,4H2,1-3H3/b11-5-,12-7+/t6-,8-,9+/m1/s1. The molecule has 0 aliphatic heterocycles. The van der Waals surface area contributed by atoms with E-state index < -0.39 is 0 Å². The molecule has 2 aliphatic carbocycles. The molecule has 0 aromatic heterocycles. The molecule has 0 aromatic rings. The zero-order valence-electron chi connectivity index (χ0n) is 8.73. The molecule has 0 saturated heterocycles. The van der Waals surface area contributed by atoms with Crippen molar-refractivity contribution in [2.75, 3.05) is 0 Å². The van der Waals surface area contributed by atoms with Gasteiger partial charge < -0.3 is 10.4 Å². The van der Waals surface area contributed by atoms with Crippen LogP contribution in [-0.2, 0) is 0 Å². The molecule has 0 heterocycles. The van der Waals surface area contributed by atoms with Crippen LogP contribution in [0.4, 0.5) is 0 Å². The summed E-state index contributed by atoms with van der Waals surface area (Å²) in [5.41, 5.74) is 1.75. The molecule has 78 valence electrons. The molecule has 0 spiro atoms. The number of rotatable bonds is 1. The van der Waals surface area contributed by atoms with E-state index in [1.165, 1.54) is 0 Å². The van der Waals surface area contributed by atoms with E-state index in [0.29, 0.717) is 23.0 Å². The van der Waals surface area contributed by atoms with Crippen molar-refractivity contribution < 1.29 is 10.4 Å². The van der Waals surface area contributed by atoms with E-state index in [2.05, 4.69) is 24.2 Å². The van der Waals surface area contributed by atoms with Crippen LogP contribution in [-0.4, -0.2) is 21.8 Å². The molecule has 4 nitrogen and oxygen atoms in total. The lowest BCUT2D eigenvalue weighted by Crippen LogP contribution is -2.24. The van der Waals surface area contributed by atoms with E-state index in [1.807, 2.05) is 0 Å². The highest BCUT2D eigenvalue weighted by Gasteiger charge is 2.67. The van der Waals surface area contributed by atoms with Gasteiger partial charge in [-0.1, -0.05) is 24.2 Å². The van der Waals surface area contributed by atoms with Crippen LogP contribution >= 0.6 is 0 Å². The first-order chi connectivity index (χ1) is 6.54. The van der Waals surface area contributed by atoms with Crippen molar-refractivity contribution in [3.05, 3.63) is 0 Å². The Morgan fingerprint density at radius 2 is 2.07 bits per heavy atom. The van der Waals surface area contributed by atoms with Crippen LogP contribution in [0.5, 0.6) is 0 Å². The predicted molar refractivity (Wildman–Crippen MR) is 53.0 cm³/mol. The number of oxime groups is 2. The lowest BCUT2D eigenvalue weighted by atomic mass is 9.88. The van der Waals surface area contributed by atoms with Gasteiger partial charge in [0, 0.05) is 5.92 Å². The van der Waals surface area contributed by atoms with Crippen LogP contribution in [0, 0.1) is 23.2 Å². The van der Waals surface area contributed by atoms with Crippen LogP contribution in [0.25, 0.3) is 0 Å². The van der Waals surface area contributed by atoms with Crippen LogP contribution in [0.15, 0.2) is 10.3 Å². The Morgan fingerprint density at radius 3 is 2.57 bits per heavy atom. The molecule has 2 saturated carbocycles. The second kappa shape index (κ2) is 2.72. The van der Waals surface area contributed by atoms with E-state index >= 15 is 0 Å². The summed E-state index contributed by atoms with van der Waals surface area (Å²) in [6.45, 7) is 6.22. The minimum absolute atomic E-state index is 0.0463. The summed E-state index contributed by atoms with van der Waals surface area (Å²) in [7, 11) is 0. The van der Waals surface area contributed by atoms with Crippen molar-refractivity contribution in [1.29, 1.82) is 0 Å². The van der Waals surface area contributed by atoms with Gasteiger partial charge in [0.25, 0.3) is 0 Å². The molecule has 0 aromatic carbocycles. The second-order valence-corrected chi connectivity index (χ2v) is 4.97. The van der Waals surface area contributed by atoms with E-state index in [9.17, 15) is 0 Å². The maximum absolute atomic E-state index is 8.84. The Balaban J connectivity index is 2.28. The fraction of sp³-hybridized carbons (Fsp3) is 0.800. The molecule has 0 amide bonds. The highest BCUT2D eigenvalue weighted by Crippen LogP contribution is 2.68. The first kappa shape index (κ1) is 9.49. The van der Waals surface area contributed by atoms with Gasteiger partial charge in [-0.2, -0.15) is 0 Å².